The highest BCUT2D eigenvalue weighted by atomic mass is 19.4. The Balaban J connectivity index is 1.92. The van der Waals surface area contributed by atoms with Crippen molar-refractivity contribution in [1.29, 1.82) is 0 Å². The van der Waals surface area contributed by atoms with Crippen molar-refractivity contribution < 1.29 is 22.6 Å². The van der Waals surface area contributed by atoms with Gasteiger partial charge in [-0.25, -0.2) is 4.98 Å². The zero-order valence-corrected chi connectivity index (χ0v) is 17.8. The van der Waals surface area contributed by atoms with Crippen LogP contribution in [0, 0.1) is 6.92 Å². The maximum atomic E-state index is 12.8. The first-order valence-corrected chi connectivity index (χ1v) is 10.4. The molecule has 2 heterocycles. The van der Waals surface area contributed by atoms with Gasteiger partial charge in [-0.05, 0) is 74.7 Å². The monoisotopic (exact) mass is 443 g/mol. The van der Waals surface area contributed by atoms with E-state index in [1.165, 1.54) is 12.1 Å². The van der Waals surface area contributed by atoms with Crippen molar-refractivity contribution in [2.45, 2.75) is 32.5 Å². The predicted molar refractivity (Wildman–Crippen MR) is 119 cm³/mol. The molecule has 0 saturated heterocycles. The Labute approximate surface area is 183 Å². The standard InChI is InChI=1S/C24H24F3N3O2/c1-14-6-8-18-17(9-11-21(31-2)23(18)29-14)22-16(5-3-4-12-28)19-13-15(32-24(25,26)27)7-10-20(19)30-22/h6-11,13,30H,3-5,12,28H2,1-2H3. The molecule has 8 heteroatoms. The minimum absolute atomic E-state index is 0.243. The molecule has 2 aromatic heterocycles. The fourth-order valence-corrected chi connectivity index (χ4v) is 4.03. The maximum absolute atomic E-state index is 12.8. The Bertz CT molecular complexity index is 1270. The molecule has 0 amide bonds. The Morgan fingerprint density at radius 1 is 1.03 bits per heavy atom. The molecule has 0 atom stereocenters. The van der Waals surface area contributed by atoms with E-state index in [4.69, 9.17) is 10.5 Å². The summed E-state index contributed by atoms with van der Waals surface area (Å²) in [6, 6.07) is 12.1. The van der Waals surface area contributed by atoms with Crippen LogP contribution in [-0.4, -0.2) is 30.0 Å². The van der Waals surface area contributed by atoms with Crippen molar-refractivity contribution in [1.82, 2.24) is 9.97 Å². The smallest absolute Gasteiger partial charge is 0.494 e. The number of pyridine rings is 1. The van der Waals surface area contributed by atoms with Crippen LogP contribution in [0.25, 0.3) is 33.1 Å². The first-order valence-electron chi connectivity index (χ1n) is 10.4. The predicted octanol–water partition coefficient (Wildman–Crippen LogP) is 5.88. The lowest BCUT2D eigenvalue weighted by Crippen LogP contribution is -2.16. The minimum Gasteiger partial charge on any atom is -0.494 e. The summed E-state index contributed by atoms with van der Waals surface area (Å²) >= 11 is 0. The number of unbranched alkanes of at least 4 members (excludes halogenated alkanes) is 1. The molecule has 0 aliphatic carbocycles. The number of methoxy groups -OCH3 is 1. The minimum atomic E-state index is -4.75. The Kier molecular flexibility index (Phi) is 5.97. The van der Waals surface area contributed by atoms with Gasteiger partial charge in [-0.1, -0.05) is 6.07 Å². The molecule has 32 heavy (non-hydrogen) atoms. The highest BCUT2D eigenvalue weighted by Crippen LogP contribution is 2.39. The molecule has 0 aliphatic heterocycles. The fourth-order valence-electron chi connectivity index (χ4n) is 4.03. The summed E-state index contributed by atoms with van der Waals surface area (Å²) < 4.78 is 48.0. The molecule has 5 nitrogen and oxygen atoms in total. The number of rotatable bonds is 7. The molecule has 4 rings (SSSR count). The second-order valence-corrected chi connectivity index (χ2v) is 7.64. The van der Waals surface area contributed by atoms with Crippen LogP contribution in [-0.2, 0) is 6.42 Å². The molecular formula is C24H24F3N3O2. The van der Waals surface area contributed by atoms with Gasteiger partial charge in [0.25, 0.3) is 0 Å². The van der Waals surface area contributed by atoms with Crippen molar-refractivity contribution in [2.24, 2.45) is 5.73 Å². The van der Waals surface area contributed by atoms with Gasteiger partial charge < -0.3 is 20.2 Å². The van der Waals surface area contributed by atoms with Gasteiger partial charge >= 0.3 is 6.36 Å². The zero-order valence-electron chi connectivity index (χ0n) is 17.8. The topological polar surface area (TPSA) is 73.2 Å². The van der Waals surface area contributed by atoms with Crippen LogP contribution in [0.3, 0.4) is 0 Å². The third kappa shape index (κ3) is 4.36. The van der Waals surface area contributed by atoms with E-state index >= 15 is 0 Å². The van der Waals surface area contributed by atoms with E-state index < -0.39 is 6.36 Å². The van der Waals surface area contributed by atoms with Crippen molar-refractivity contribution in [3.8, 4) is 22.8 Å². The number of aromatic amines is 1. The molecule has 0 spiro atoms. The molecule has 0 unspecified atom stereocenters. The molecule has 0 saturated carbocycles. The highest BCUT2D eigenvalue weighted by Gasteiger charge is 2.31. The molecule has 4 aromatic rings. The summed E-state index contributed by atoms with van der Waals surface area (Å²) in [6.45, 7) is 2.46. The summed E-state index contributed by atoms with van der Waals surface area (Å²) in [4.78, 5) is 8.05. The molecule has 3 N–H and O–H groups in total. The molecule has 2 aromatic carbocycles. The molecular weight excluding hydrogens is 419 g/mol. The van der Waals surface area contributed by atoms with E-state index in [-0.39, 0.29) is 5.75 Å². The maximum Gasteiger partial charge on any atom is 0.573 e. The van der Waals surface area contributed by atoms with Gasteiger partial charge in [-0.15, -0.1) is 13.2 Å². The summed E-state index contributed by atoms with van der Waals surface area (Å²) in [5, 5.41) is 1.59. The van der Waals surface area contributed by atoms with E-state index in [0.29, 0.717) is 24.1 Å². The Hall–Kier alpha value is -3.26. The number of ether oxygens (including phenoxy) is 2. The lowest BCUT2D eigenvalue weighted by Gasteiger charge is -2.12. The third-order valence-corrected chi connectivity index (χ3v) is 5.44. The van der Waals surface area contributed by atoms with Gasteiger partial charge in [0.05, 0.1) is 12.8 Å². The second kappa shape index (κ2) is 8.70. The van der Waals surface area contributed by atoms with E-state index in [1.807, 2.05) is 31.2 Å². The number of halogens is 3. The fraction of sp³-hybridized carbons (Fsp3) is 0.292. The number of aryl methyl sites for hydroxylation is 2. The van der Waals surface area contributed by atoms with Gasteiger partial charge in [0.1, 0.15) is 17.0 Å². The van der Waals surface area contributed by atoms with Crippen LogP contribution in [0.5, 0.6) is 11.5 Å². The van der Waals surface area contributed by atoms with E-state index in [9.17, 15) is 13.2 Å². The van der Waals surface area contributed by atoms with Crippen LogP contribution in [0.1, 0.15) is 24.1 Å². The summed E-state index contributed by atoms with van der Waals surface area (Å²) in [5.74, 6) is 0.418. The summed E-state index contributed by atoms with van der Waals surface area (Å²) in [5.41, 5.74) is 10.7. The van der Waals surface area contributed by atoms with Gasteiger partial charge in [0.2, 0.25) is 0 Å². The van der Waals surface area contributed by atoms with Crippen LogP contribution < -0.4 is 15.2 Å². The molecule has 0 radical (unpaired) electrons. The number of nitrogens with one attached hydrogen (secondary N) is 1. The molecule has 0 aliphatic rings. The number of H-pyrrole nitrogens is 1. The lowest BCUT2D eigenvalue weighted by atomic mass is 9.97. The van der Waals surface area contributed by atoms with Gasteiger partial charge in [0.15, 0.2) is 0 Å². The van der Waals surface area contributed by atoms with Crippen LogP contribution in [0.15, 0.2) is 42.5 Å². The van der Waals surface area contributed by atoms with Gasteiger partial charge in [-0.3, -0.25) is 0 Å². The molecule has 168 valence electrons. The van der Waals surface area contributed by atoms with Crippen molar-refractivity contribution >= 4 is 21.8 Å². The molecule has 0 bridgehead atoms. The van der Waals surface area contributed by atoms with E-state index in [2.05, 4.69) is 14.7 Å². The van der Waals surface area contributed by atoms with Crippen LogP contribution in [0.2, 0.25) is 0 Å². The number of aromatic nitrogens is 2. The number of nitrogens with two attached hydrogens (primary N) is 1. The Morgan fingerprint density at radius 2 is 1.84 bits per heavy atom. The number of alkyl halides is 3. The number of fused-ring (bicyclic) bond motifs is 2. The van der Waals surface area contributed by atoms with Crippen LogP contribution in [0.4, 0.5) is 13.2 Å². The average molecular weight is 443 g/mol. The zero-order chi connectivity index (χ0) is 22.9. The normalized spacial score (nSPS) is 11.9. The highest BCUT2D eigenvalue weighted by molar-refractivity contribution is 6.01. The quantitative estimate of drug-likeness (QED) is 0.350. The second-order valence-electron chi connectivity index (χ2n) is 7.64. The van der Waals surface area contributed by atoms with Gasteiger partial charge in [0, 0.05) is 27.5 Å². The first-order chi connectivity index (χ1) is 15.3. The third-order valence-electron chi connectivity index (χ3n) is 5.44. The summed E-state index contributed by atoms with van der Waals surface area (Å²) in [7, 11) is 1.60. The summed E-state index contributed by atoms with van der Waals surface area (Å²) in [6.07, 6.45) is -2.46. The largest absolute Gasteiger partial charge is 0.573 e. The molecule has 0 fully saturated rings. The van der Waals surface area contributed by atoms with E-state index in [1.54, 1.807) is 13.2 Å². The SMILES string of the molecule is COc1ccc(-c2[nH]c3ccc(OC(F)(F)F)cc3c2CCCCN)c2ccc(C)nc12. The average Bonchev–Trinajstić information content (AvgIpc) is 3.09. The van der Waals surface area contributed by atoms with Crippen molar-refractivity contribution in [2.75, 3.05) is 13.7 Å². The van der Waals surface area contributed by atoms with Crippen molar-refractivity contribution in [3.05, 3.63) is 53.7 Å². The Morgan fingerprint density at radius 3 is 2.56 bits per heavy atom. The lowest BCUT2D eigenvalue weighted by molar-refractivity contribution is -0.274. The number of benzene rings is 2. The van der Waals surface area contributed by atoms with Crippen molar-refractivity contribution in [3.63, 3.8) is 0 Å². The number of hydrogen-bond acceptors (Lipinski definition) is 4. The van der Waals surface area contributed by atoms with Crippen LogP contribution >= 0.6 is 0 Å². The first kappa shape index (κ1) is 22.0. The number of nitrogens with zero attached hydrogens (tertiary/aromatic N) is 1. The number of hydrogen-bond donors (Lipinski definition) is 2. The van der Waals surface area contributed by atoms with Gasteiger partial charge in [-0.2, -0.15) is 0 Å². The van der Waals surface area contributed by atoms with E-state index in [0.717, 1.165) is 51.8 Å².